The van der Waals surface area contributed by atoms with Gasteiger partial charge in [-0.3, -0.25) is 0 Å². The zero-order valence-corrected chi connectivity index (χ0v) is 10.9. The van der Waals surface area contributed by atoms with Gasteiger partial charge in [-0.1, -0.05) is 36.4 Å². The second-order valence-corrected chi connectivity index (χ2v) is 6.34. The van der Waals surface area contributed by atoms with Gasteiger partial charge in [-0.2, -0.15) is 0 Å². The lowest BCUT2D eigenvalue weighted by Gasteiger charge is -2.15. The fraction of sp³-hybridized carbons (Fsp3) is 0.143. The van der Waals surface area contributed by atoms with Crippen LogP contribution >= 0.6 is 7.72 Å². The van der Waals surface area contributed by atoms with Crippen LogP contribution in [-0.4, -0.2) is 9.79 Å². The third-order valence-corrected chi connectivity index (χ3v) is 5.25. The summed E-state index contributed by atoms with van der Waals surface area (Å²) in [5, 5.41) is 1.27. The number of hydrogen-bond acceptors (Lipinski definition) is 2. The molecule has 2 N–H and O–H groups in total. The fourth-order valence-corrected chi connectivity index (χ4v) is 3.94. The van der Waals surface area contributed by atoms with Gasteiger partial charge in [0.1, 0.15) is 0 Å². The molecule has 0 atom stereocenters. The topological polar surface area (TPSA) is 40.5 Å². The van der Waals surface area contributed by atoms with Gasteiger partial charge in [0.05, 0.1) is 0 Å². The molecule has 0 radical (unpaired) electrons. The average Bonchev–Trinajstić information content (AvgIpc) is 2.29. The van der Waals surface area contributed by atoms with Crippen molar-refractivity contribution in [2.24, 2.45) is 0 Å². The molecule has 0 bridgehead atoms. The van der Waals surface area contributed by atoms with Crippen molar-refractivity contribution in [3.8, 4) is 0 Å². The highest BCUT2D eigenvalue weighted by molar-refractivity contribution is 7.79. The molecular weight excluding hydrogens is 231 g/mol. The van der Waals surface area contributed by atoms with E-state index in [4.69, 9.17) is 0 Å². The first-order chi connectivity index (χ1) is 8.03. The van der Waals surface area contributed by atoms with E-state index in [-0.39, 0.29) is 0 Å². The zero-order valence-electron chi connectivity index (χ0n) is 9.96. The summed E-state index contributed by atoms with van der Waals surface area (Å²) >= 11 is 0. The highest BCUT2D eigenvalue weighted by Crippen LogP contribution is 2.48. The Hall–Kier alpha value is -1.21. The van der Waals surface area contributed by atoms with E-state index in [0.29, 0.717) is 10.6 Å². The van der Waals surface area contributed by atoms with Gasteiger partial charge in [0.25, 0.3) is 0 Å². The van der Waals surface area contributed by atoms with E-state index in [9.17, 15) is 9.79 Å². The highest BCUT2D eigenvalue weighted by atomic mass is 31.2. The van der Waals surface area contributed by atoms with Gasteiger partial charge in [-0.05, 0) is 37.1 Å². The second kappa shape index (κ2) is 4.58. The van der Waals surface area contributed by atoms with E-state index in [1.807, 2.05) is 50.2 Å². The smallest absolute Gasteiger partial charge is 0.210 e. The summed E-state index contributed by atoms with van der Waals surface area (Å²) in [5.41, 5.74) is 1.82. The van der Waals surface area contributed by atoms with Crippen molar-refractivity contribution in [2.45, 2.75) is 13.8 Å². The standard InChI is InChI=1S/C14H16O2P/c1-11-7-3-5-9-13(11)17(15,16)14-10-6-4-8-12(14)2/h3-10,15-16H,1-2H3/q+1. The summed E-state index contributed by atoms with van der Waals surface area (Å²) < 4.78 is 0. The van der Waals surface area contributed by atoms with Crippen LogP contribution in [0.25, 0.3) is 0 Å². The number of aryl methyl sites for hydroxylation is 2. The van der Waals surface area contributed by atoms with Gasteiger partial charge in [0.15, 0.2) is 10.6 Å². The maximum atomic E-state index is 10.5. The Morgan fingerprint density at radius 3 is 1.41 bits per heavy atom. The summed E-state index contributed by atoms with van der Waals surface area (Å²) in [5.74, 6) is 0. The van der Waals surface area contributed by atoms with Crippen LogP contribution in [0.5, 0.6) is 0 Å². The van der Waals surface area contributed by atoms with Gasteiger partial charge in [0, 0.05) is 0 Å². The van der Waals surface area contributed by atoms with Gasteiger partial charge in [-0.15, -0.1) is 0 Å². The van der Waals surface area contributed by atoms with Crippen molar-refractivity contribution in [2.75, 3.05) is 0 Å². The van der Waals surface area contributed by atoms with Gasteiger partial charge in [-0.25, -0.2) is 9.79 Å². The van der Waals surface area contributed by atoms with Crippen molar-refractivity contribution in [3.05, 3.63) is 59.7 Å². The van der Waals surface area contributed by atoms with Crippen LogP contribution in [0.4, 0.5) is 0 Å². The van der Waals surface area contributed by atoms with Gasteiger partial charge >= 0.3 is 7.72 Å². The minimum atomic E-state index is -3.22. The van der Waals surface area contributed by atoms with E-state index in [1.54, 1.807) is 12.1 Å². The highest BCUT2D eigenvalue weighted by Gasteiger charge is 2.42. The molecule has 0 aliphatic heterocycles. The first-order valence-electron chi connectivity index (χ1n) is 5.50. The largest absolute Gasteiger partial charge is 0.333 e. The van der Waals surface area contributed by atoms with Crippen LogP contribution < -0.4 is 10.6 Å². The van der Waals surface area contributed by atoms with Crippen LogP contribution in [0.15, 0.2) is 48.5 Å². The third-order valence-electron chi connectivity index (χ3n) is 2.90. The van der Waals surface area contributed by atoms with E-state index >= 15 is 0 Å². The Balaban J connectivity index is 2.58. The molecule has 2 nitrogen and oxygen atoms in total. The van der Waals surface area contributed by atoms with E-state index in [1.165, 1.54) is 0 Å². The first kappa shape index (κ1) is 12.3. The van der Waals surface area contributed by atoms with Crippen LogP contribution in [-0.2, 0) is 0 Å². The lowest BCUT2D eigenvalue weighted by atomic mass is 10.2. The van der Waals surface area contributed by atoms with Gasteiger partial charge in [0.2, 0.25) is 0 Å². The molecular formula is C14H16O2P+. The lowest BCUT2D eigenvalue weighted by Crippen LogP contribution is -2.25. The Labute approximate surface area is 102 Å². The summed E-state index contributed by atoms with van der Waals surface area (Å²) in [6.45, 7) is 3.80. The minimum Gasteiger partial charge on any atom is -0.210 e. The molecule has 0 aliphatic rings. The second-order valence-electron chi connectivity index (χ2n) is 4.17. The summed E-state index contributed by atoms with van der Waals surface area (Å²) in [6.07, 6.45) is 0. The predicted molar refractivity (Wildman–Crippen MR) is 73.0 cm³/mol. The van der Waals surface area contributed by atoms with E-state index < -0.39 is 7.72 Å². The minimum absolute atomic E-state index is 0.634. The Kier molecular flexibility index (Phi) is 3.30. The fourth-order valence-electron chi connectivity index (χ4n) is 1.96. The maximum Gasteiger partial charge on any atom is 0.333 e. The molecule has 0 spiro atoms. The van der Waals surface area contributed by atoms with Crippen LogP contribution in [0.3, 0.4) is 0 Å². The zero-order chi connectivity index (χ0) is 12.5. The Morgan fingerprint density at radius 1 is 0.706 bits per heavy atom. The molecule has 0 fully saturated rings. The predicted octanol–water partition coefficient (Wildman–Crippen LogP) is 2.09. The summed E-state index contributed by atoms with van der Waals surface area (Å²) in [4.78, 5) is 21.0. The molecule has 3 heteroatoms. The Bertz CT molecular complexity index is 488. The molecule has 0 unspecified atom stereocenters. The molecule has 0 aromatic heterocycles. The molecule has 88 valence electrons. The number of rotatable bonds is 2. The van der Waals surface area contributed by atoms with Crippen molar-refractivity contribution in [1.82, 2.24) is 0 Å². The van der Waals surface area contributed by atoms with Crippen molar-refractivity contribution in [1.29, 1.82) is 0 Å². The van der Waals surface area contributed by atoms with Crippen molar-refractivity contribution in [3.63, 3.8) is 0 Å². The molecule has 0 heterocycles. The molecule has 2 rings (SSSR count). The normalized spacial score (nSPS) is 11.5. The molecule has 17 heavy (non-hydrogen) atoms. The molecule has 0 amide bonds. The van der Waals surface area contributed by atoms with Crippen LogP contribution in [0.2, 0.25) is 0 Å². The number of hydrogen-bond donors (Lipinski definition) is 2. The Morgan fingerprint density at radius 2 is 1.06 bits per heavy atom. The quantitative estimate of drug-likeness (QED) is 0.798. The summed E-state index contributed by atoms with van der Waals surface area (Å²) in [7, 11) is -3.22. The third kappa shape index (κ3) is 2.25. The monoisotopic (exact) mass is 247 g/mol. The molecule has 2 aromatic rings. The van der Waals surface area contributed by atoms with Crippen molar-refractivity contribution < 1.29 is 9.79 Å². The van der Waals surface area contributed by atoms with E-state index in [0.717, 1.165) is 11.1 Å². The first-order valence-corrected chi connectivity index (χ1v) is 7.20. The van der Waals surface area contributed by atoms with Crippen LogP contribution in [0, 0.1) is 13.8 Å². The maximum absolute atomic E-state index is 10.5. The number of benzene rings is 2. The summed E-state index contributed by atoms with van der Waals surface area (Å²) in [6, 6.07) is 14.8. The molecule has 0 aliphatic carbocycles. The van der Waals surface area contributed by atoms with Gasteiger partial charge < -0.3 is 0 Å². The lowest BCUT2D eigenvalue weighted by molar-refractivity contribution is 0.479. The molecule has 0 saturated carbocycles. The van der Waals surface area contributed by atoms with E-state index in [2.05, 4.69) is 0 Å². The SMILES string of the molecule is Cc1ccccc1[P+](O)(O)c1ccccc1C. The molecule has 0 saturated heterocycles. The average molecular weight is 247 g/mol. The molecule has 2 aromatic carbocycles. The van der Waals surface area contributed by atoms with Crippen LogP contribution in [0.1, 0.15) is 11.1 Å². The van der Waals surface area contributed by atoms with Crippen molar-refractivity contribution >= 4 is 18.3 Å².